The molecule has 1 unspecified atom stereocenters. The lowest BCUT2D eigenvalue weighted by Gasteiger charge is -2.27. The summed E-state index contributed by atoms with van der Waals surface area (Å²) in [6.45, 7) is 7.42. The molecule has 1 atom stereocenters. The van der Waals surface area contributed by atoms with E-state index in [1.165, 1.54) is 13.0 Å². The zero-order valence-corrected chi connectivity index (χ0v) is 13.7. The normalized spacial score (nSPS) is 21.0. The van der Waals surface area contributed by atoms with Crippen molar-refractivity contribution in [2.24, 2.45) is 5.73 Å². The van der Waals surface area contributed by atoms with E-state index in [0.29, 0.717) is 17.6 Å². The third-order valence-electron chi connectivity index (χ3n) is 3.97. The topological polar surface area (TPSA) is 41.7 Å². The summed E-state index contributed by atoms with van der Waals surface area (Å²) < 4.78 is 5.82. The molecule has 1 aromatic carbocycles. The second-order valence-corrected chi connectivity index (χ2v) is 6.18. The molecule has 0 aliphatic carbocycles. The van der Waals surface area contributed by atoms with Gasteiger partial charge in [0.05, 0.1) is 0 Å². The quantitative estimate of drug-likeness (QED) is 0.839. The van der Waals surface area contributed by atoms with Gasteiger partial charge >= 0.3 is 0 Å². The van der Waals surface area contributed by atoms with Crippen LogP contribution in [0.3, 0.4) is 0 Å². The summed E-state index contributed by atoms with van der Waals surface area (Å²) in [6.07, 6.45) is 1.23. The Morgan fingerprint density at radius 1 is 1.33 bits per heavy atom. The van der Waals surface area contributed by atoms with Crippen molar-refractivity contribution >= 4 is 17.2 Å². The van der Waals surface area contributed by atoms with Crippen LogP contribution in [0.15, 0.2) is 24.3 Å². The third-order valence-corrected chi connectivity index (χ3v) is 4.21. The van der Waals surface area contributed by atoms with Gasteiger partial charge in [0.1, 0.15) is 17.3 Å². The smallest absolute Gasteiger partial charge is 0.119 e. The Morgan fingerprint density at radius 2 is 2.05 bits per heavy atom. The van der Waals surface area contributed by atoms with Gasteiger partial charge in [-0.05, 0) is 57.7 Å². The maximum atomic E-state index is 5.82. The molecule has 21 heavy (non-hydrogen) atoms. The summed E-state index contributed by atoms with van der Waals surface area (Å²) >= 11 is 4.94. The fourth-order valence-corrected chi connectivity index (χ4v) is 2.89. The van der Waals surface area contributed by atoms with Crippen molar-refractivity contribution in [2.45, 2.75) is 19.4 Å². The Balaban J connectivity index is 1.79. The van der Waals surface area contributed by atoms with Crippen LogP contribution >= 0.6 is 12.2 Å². The summed E-state index contributed by atoms with van der Waals surface area (Å²) in [6, 6.07) is 8.24. The maximum Gasteiger partial charge on any atom is 0.119 e. The second-order valence-electron chi connectivity index (χ2n) is 5.74. The van der Waals surface area contributed by atoms with E-state index in [4.69, 9.17) is 22.7 Å². The number of ether oxygens (including phenoxy) is 1. The molecule has 2 N–H and O–H groups in total. The number of rotatable bonds is 5. The minimum Gasteiger partial charge on any atom is -0.492 e. The fourth-order valence-electron chi connectivity index (χ4n) is 2.75. The molecule has 1 saturated heterocycles. The van der Waals surface area contributed by atoms with Gasteiger partial charge in [-0.25, -0.2) is 0 Å². The van der Waals surface area contributed by atoms with Crippen LogP contribution in [0.5, 0.6) is 5.75 Å². The van der Waals surface area contributed by atoms with E-state index >= 15 is 0 Å². The number of thiocarbonyl (C=S) groups is 1. The van der Waals surface area contributed by atoms with Crippen LogP contribution in [0.2, 0.25) is 0 Å². The molecule has 0 aromatic heterocycles. The van der Waals surface area contributed by atoms with E-state index in [1.54, 1.807) is 0 Å². The lowest BCUT2D eigenvalue weighted by molar-refractivity contribution is 0.166. The summed E-state index contributed by atoms with van der Waals surface area (Å²) in [7, 11) is 2.19. The van der Waals surface area contributed by atoms with E-state index in [1.807, 2.05) is 24.3 Å². The predicted octanol–water partition coefficient (Wildman–Crippen LogP) is 1.73. The van der Waals surface area contributed by atoms with Crippen molar-refractivity contribution in [1.29, 1.82) is 0 Å². The molecule has 0 spiro atoms. The molecule has 1 heterocycles. The lowest BCUT2D eigenvalue weighted by Crippen LogP contribution is -2.40. The largest absolute Gasteiger partial charge is 0.492 e. The average molecular weight is 307 g/mol. The van der Waals surface area contributed by atoms with Crippen molar-refractivity contribution in [3.63, 3.8) is 0 Å². The molecule has 4 nitrogen and oxygen atoms in total. The molecule has 1 aliphatic heterocycles. The molecular weight excluding hydrogens is 282 g/mol. The fraction of sp³-hybridized carbons (Fsp3) is 0.562. The van der Waals surface area contributed by atoms with Gasteiger partial charge in [0.15, 0.2) is 0 Å². The molecular formula is C16H25N3OS. The first kappa shape index (κ1) is 16.2. The Labute approximate surface area is 132 Å². The van der Waals surface area contributed by atoms with Crippen LogP contribution in [-0.2, 0) is 0 Å². The molecule has 5 heteroatoms. The van der Waals surface area contributed by atoms with Crippen molar-refractivity contribution in [3.05, 3.63) is 29.8 Å². The number of likely N-dealkylation sites (N-methyl/N-ethyl adjacent to an activating group) is 1. The monoisotopic (exact) mass is 307 g/mol. The first-order valence-electron chi connectivity index (χ1n) is 7.51. The predicted molar refractivity (Wildman–Crippen MR) is 91.0 cm³/mol. The van der Waals surface area contributed by atoms with Gasteiger partial charge < -0.3 is 15.4 Å². The van der Waals surface area contributed by atoms with Gasteiger partial charge in [-0.1, -0.05) is 12.2 Å². The summed E-state index contributed by atoms with van der Waals surface area (Å²) in [4.78, 5) is 5.33. The highest BCUT2D eigenvalue weighted by Gasteiger charge is 2.19. The molecule has 1 fully saturated rings. The SMILES string of the molecule is CC1CN(C)CCCN1CCOc1ccc(C(N)=S)cc1. The minimum atomic E-state index is 0.420. The Hall–Kier alpha value is -1.17. The number of benzene rings is 1. The minimum absolute atomic E-state index is 0.420. The molecule has 0 bridgehead atoms. The maximum absolute atomic E-state index is 5.82. The highest BCUT2D eigenvalue weighted by Crippen LogP contribution is 2.13. The third kappa shape index (κ3) is 4.95. The van der Waals surface area contributed by atoms with Crippen LogP contribution in [0.1, 0.15) is 18.9 Å². The van der Waals surface area contributed by atoms with Crippen LogP contribution < -0.4 is 10.5 Å². The van der Waals surface area contributed by atoms with Gasteiger partial charge in [0, 0.05) is 24.7 Å². The average Bonchev–Trinajstić information content (AvgIpc) is 2.60. The van der Waals surface area contributed by atoms with Gasteiger partial charge in [-0.3, -0.25) is 4.90 Å². The van der Waals surface area contributed by atoms with Crippen LogP contribution in [0.4, 0.5) is 0 Å². The Kier molecular flexibility index (Phi) is 5.96. The number of nitrogens with two attached hydrogens (primary N) is 1. The highest BCUT2D eigenvalue weighted by atomic mass is 32.1. The van der Waals surface area contributed by atoms with Crippen LogP contribution in [0, 0.1) is 0 Å². The lowest BCUT2D eigenvalue weighted by atomic mass is 10.2. The van der Waals surface area contributed by atoms with E-state index in [0.717, 1.165) is 30.9 Å². The van der Waals surface area contributed by atoms with E-state index < -0.39 is 0 Å². The second kappa shape index (κ2) is 7.73. The Bertz CT molecular complexity index is 463. The standard InChI is InChI=1S/C16H25N3OS/c1-13-12-18(2)8-3-9-19(13)10-11-20-15-6-4-14(5-7-15)16(17)21/h4-7,13H,3,8-12H2,1-2H3,(H2,17,21). The van der Waals surface area contributed by atoms with Gasteiger partial charge in [-0.2, -0.15) is 0 Å². The van der Waals surface area contributed by atoms with Crippen LogP contribution in [0.25, 0.3) is 0 Å². The number of hydrogen-bond acceptors (Lipinski definition) is 4. The summed E-state index contributed by atoms with van der Waals surface area (Å²) in [5.41, 5.74) is 6.46. The molecule has 2 rings (SSSR count). The van der Waals surface area contributed by atoms with E-state index in [-0.39, 0.29) is 0 Å². The number of nitrogens with zero attached hydrogens (tertiary/aromatic N) is 2. The van der Waals surface area contributed by atoms with Crippen molar-refractivity contribution in [3.8, 4) is 5.75 Å². The zero-order valence-electron chi connectivity index (χ0n) is 12.9. The first-order chi connectivity index (χ1) is 10.1. The van der Waals surface area contributed by atoms with Crippen molar-refractivity contribution < 1.29 is 4.74 Å². The molecule has 1 aliphatic rings. The van der Waals surface area contributed by atoms with E-state index in [9.17, 15) is 0 Å². The molecule has 116 valence electrons. The zero-order chi connectivity index (χ0) is 15.2. The van der Waals surface area contributed by atoms with Gasteiger partial charge in [0.25, 0.3) is 0 Å². The van der Waals surface area contributed by atoms with E-state index in [2.05, 4.69) is 23.8 Å². The molecule has 0 radical (unpaired) electrons. The first-order valence-corrected chi connectivity index (χ1v) is 7.92. The van der Waals surface area contributed by atoms with Crippen molar-refractivity contribution in [2.75, 3.05) is 39.8 Å². The molecule has 0 saturated carbocycles. The number of hydrogen-bond donors (Lipinski definition) is 1. The summed E-state index contributed by atoms with van der Waals surface area (Å²) in [5, 5.41) is 0. The molecule has 0 amide bonds. The Morgan fingerprint density at radius 3 is 2.71 bits per heavy atom. The van der Waals surface area contributed by atoms with Gasteiger partial charge in [-0.15, -0.1) is 0 Å². The van der Waals surface area contributed by atoms with Gasteiger partial charge in [0.2, 0.25) is 0 Å². The van der Waals surface area contributed by atoms with Crippen LogP contribution in [-0.4, -0.2) is 60.7 Å². The van der Waals surface area contributed by atoms with Crippen molar-refractivity contribution in [1.82, 2.24) is 9.80 Å². The summed E-state index contributed by atoms with van der Waals surface area (Å²) in [5.74, 6) is 0.870. The highest BCUT2D eigenvalue weighted by molar-refractivity contribution is 7.80. The molecule has 1 aromatic rings.